The number of carbonyl (C=O) groups is 1. The molecule has 0 saturated heterocycles. The van der Waals surface area contributed by atoms with Crippen LogP contribution in [0.2, 0.25) is 0 Å². The number of amides is 1. The van der Waals surface area contributed by atoms with Crippen LogP contribution in [0.3, 0.4) is 0 Å². The van der Waals surface area contributed by atoms with E-state index < -0.39 is 21.6 Å². The van der Waals surface area contributed by atoms with Gasteiger partial charge in [-0.3, -0.25) is 4.79 Å². The minimum absolute atomic E-state index is 0. The molecular formula is C14H22ClFN2O3S. The van der Waals surface area contributed by atoms with E-state index in [-0.39, 0.29) is 29.0 Å². The van der Waals surface area contributed by atoms with E-state index in [1.165, 1.54) is 12.1 Å². The van der Waals surface area contributed by atoms with Gasteiger partial charge in [-0.2, -0.15) is 0 Å². The zero-order chi connectivity index (χ0) is 15.9. The zero-order valence-electron chi connectivity index (χ0n) is 12.4. The first-order valence-corrected chi connectivity index (χ1v) is 8.48. The van der Waals surface area contributed by atoms with Crippen LogP contribution < -0.4 is 11.1 Å². The maximum Gasteiger partial charge on any atom is 0.223 e. The maximum atomic E-state index is 12.8. The van der Waals surface area contributed by atoms with Crippen molar-refractivity contribution in [1.29, 1.82) is 0 Å². The van der Waals surface area contributed by atoms with Crippen LogP contribution in [0.4, 0.5) is 4.39 Å². The van der Waals surface area contributed by atoms with Crippen molar-refractivity contribution in [2.75, 3.05) is 18.8 Å². The Kier molecular flexibility index (Phi) is 9.24. The highest BCUT2D eigenvalue weighted by Crippen LogP contribution is 2.15. The molecule has 1 atom stereocenters. The summed E-state index contributed by atoms with van der Waals surface area (Å²) in [6.45, 7) is 2.60. The lowest BCUT2D eigenvalue weighted by atomic mass is 10.2. The summed E-state index contributed by atoms with van der Waals surface area (Å²) in [7, 11) is -3.60. The Morgan fingerprint density at radius 2 is 1.86 bits per heavy atom. The van der Waals surface area contributed by atoms with E-state index in [4.69, 9.17) is 5.73 Å². The summed E-state index contributed by atoms with van der Waals surface area (Å²) >= 11 is 0. The first-order chi connectivity index (χ1) is 9.86. The van der Waals surface area contributed by atoms with Crippen LogP contribution in [0, 0.1) is 11.7 Å². The monoisotopic (exact) mass is 352 g/mol. The summed E-state index contributed by atoms with van der Waals surface area (Å²) in [6.07, 6.45) is 1.57. The van der Waals surface area contributed by atoms with Crippen LogP contribution in [0.15, 0.2) is 29.2 Å². The van der Waals surface area contributed by atoms with E-state index in [9.17, 15) is 17.6 Å². The summed E-state index contributed by atoms with van der Waals surface area (Å²) in [5.74, 6) is -1.78. The minimum Gasteiger partial charge on any atom is -0.356 e. The van der Waals surface area contributed by atoms with Crippen molar-refractivity contribution in [3.8, 4) is 0 Å². The van der Waals surface area contributed by atoms with Gasteiger partial charge in [-0.05, 0) is 43.7 Å². The normalized spacial score (nSPS) is 12.3. The maximum absolute atomic E-state index is 12.8. The molecule has 8 heteroatoms. The fraction of sp³-hybridized carbons (Fsp3) is 0.500. The average molecular weight is 353 g/mol. The average Bonchev–Trinajstić information content (AvgIpc) is 2.43. The van der Waals surface area contributed by atoms with Gasteiger partial charge in [0.15, 0.2) is 9.84 Å². The van der Waals surface area contributed by atoms with Crippen LogP contribution in [0.1, 0.15) is 19.8 Å². The summed E-state index contributed by atoms with van der Waals surface area (Å²) in [5.41, 5.74) is 5.34. The van der Waals surface area contributed by atoms with Crippen LogP contribution in [0.5, 0.6) is 0 Å². The molecule has 0 fully saturated rings. The smallest absolute Gasteiger partial charge is 0.223 e. The second kappa shape index (κ2) is 9.76. The zero-order valence-corrected chi connectivity index (χ0v) is 14.1. The Labute approximate surface area is 136 Å². The van der Waals surface area contributed by atoms with Crippen molar-refractivity contribution in [3.05, 3.63) is 30.1 Å². The lowest BCUT2D eigenvalue weighted by Gasteiger charge is -2.12. The molecular weight excluding hydrogens is 331 g/mol. The Bertz CT molecular complexity index is 564. The van der Waals surface area contributed by atoms with E-state index in [2.05, 4.69) is 5.32 Å². The number of carbonyl (C=O) groups excluding carboxylic acids is 1. The summed E-state index contributed by atoms with van der Waals surface area (Å²) < 4.78 is 37.0. The van der Waals surface area contributed by atoms with Crippen LogP contribution >= 0.6 is 12.4 Å². The van der Waals surface area contributed by atoms with Gasteiger partial charge >= 0.3 is 0 Å². The van der Waals surface area contributed by atoms with Crippen molar-refractivity contribution < 1.29 is 17.6 Å². The molecule has 0 radical (unpaired) electrons. The summed E-state index contributed by atoms with van der Waals surface area (Å²) in [4.78, 5) is 11.8. The second-order valence-electron chi connectivity index (χ2n) is 4.92. The topological polar surface area (TPSA) is 89.3 Å². The molecule has 22 heavy (non-hydrogen) atoms. The fourth-order valence-corrected chi connectivity index (χ4v) is 3.35. The molecule has 0 aliphatic carbocycles. The molecule has 0 spiro atoms. The molecule has 0 bridgehead atoms. The molecule has 5 nitrogen and oxygen atoms in total. The Balaban J connectivity index is 0.00000441. The van der Waals surface area contributed by atoms with Gasteiger partial charge in [0.1, 0.15) is 5.82 Å². The van der Waals surface area contributed by atoms with Gasteiger partial charge in [0, 0.05) is 12.5 Å². The molecule has 1 unspecified atom stereocenters. The predicted octanol–water partition coefficient (Wildman–Crippen LogP) is 1.51. The minimum atomic E-state index is -3.60. The molecule has 0 aromatic heterocycles. The van der Waals surface area contributed by atoms with Gasteiger partial charge in [-0.1, -0.05) is 6.92 Å². The Morgan fingerprint density at radius 1 is 1.27 bits per heavy atom. The molecule has 3 N–H and O–H groups in total. The van der Waals surface area contributed by atoms with Crippen LogP contribution in [-0.4, -0.2) is 33.2 Å². The lowest BCUT2D eigenvalue weighted by molar-refractivity contribution is -0.123. The standard InChI is InChI=1S/C14H21FN2O3S.ClH/c1-11(14(18)17-9-3-2-8-16)10-21(19,20)13-6-4-12(15)5-7-13;/h4-7,11H,2-3,8-10,16H2,1H3,(H,17,18);1H. The van der Waals surface area contributed by atoms with Crippen molar-refractivity contribution in [2.24, 2.45) is 11.7 Å². The largest absolute Gasteiger partial charge is 0.356 e. The highest BCUT2D eigenvalue weighted by Gasteiger charge is 2.23. The second-order valence-corrected chi connectivity index (χ2v) is 6.96. The predicted molar refractivity (Wildman–Crippen MR) is 86.2 cm³/mol. The number of sulfone groups is 1. The van der Waals surface area contributed by atoms with Gasteiger partial charge < -0.3 is 11.1 Å². The van der Waals surface area contributed by atoms with Gasteiger partial charge in [-0.15, -0.1) is 12.4 Å². The van der Waals surface area contributed by atoms with E-state index in [1.54, 1.807) is 6.92 Å². The molecule has 0 heterocycles. The van der Waals surface area contributed by atoms with E-state index in [0.29, 0.717) is 13.1 Å². The lowest BCUT2D eigenvalue weighted by Crippen LogP contribution is -2.33. The highest BCUT2D eigenvalue weighted by atomic mass is 35.5. The van der Waals surface area contributed by atoms with Gasteiger partial charge in [0.2, 0.25) is 5.91 Å². The number of hydrogen-bond donors (Lipinski definition) is 2. The first kappa shape index (κ1) is 20.8. The first-order valence-electron chi connectivity index (χ1n) is 6.83. The molecule has 0 aliphatic rings. The summed E-state index contributed by atoms with van der Waals surface area (Å²) in [5, 5.41) is 2.68. The van der Waals surface area contributed by atoms with E-state index in [0.717, 1.165) is 25.0 Å². The molecule has 0 aliphatic heterocycles. The SMILES string of the molecule is CC(CS(=O)(=O)c1ccc(F)cc1)C(=O)NCCCCN.Cl. The molecule has 1 amide bonds. The molecule has 1 aromatic rings. The molecule has 1 rings (SSSR count). The number of hydrogen-bond acceptors (Lipinski definition) is 4. The number of benzene rings is 1. The van der Waals surface area contributed by atoms with Crippen molar-refractivity contribution in [1.82, 2.24) is 5.32 Å². The Hall–Kier alpha value is -1.18. The number of unbranched alkanes of at least 4 members (excludes halogenated alkanes) is 1. The third-order valence-electron chi connectivity index (χ3n) is 3.02. The number of halogens is 2. The highest BCUT2D eigenvalue weighted by molar-refractivity contribution is 7.91. The van der Waals surface area contributed by atoms with E-state index in [1.807, 2.05) is 0 Å². The van der Waals surface area contributed by atoms with Gasteiger partial charge in [0.25, 0.3) is 0 Å². The third kappa shape index (κ3) is 6.72. The molecule has 1 aromatic carbocycles. The quantitative estimate of drug-likeness (QED) is 0.548. The van der Waals surface area contributed by atoms with Crippen molar-refractivity contribution in [2.45, 2.75) is 24.7 Å². The molecule has 126 valence electrons. The van der Waals surface area contributed by atoms with Crippen LogP contribution in [0.25, 0.3) is 0 Å². The van der Waals surface area contributed by atoms with Gasteiger partial charge in [0.05, 0.1) is 10.6 Å². The fourth-order valence-electron chi connectivity index (χ4n) is 1.80. The summed E-state index contributed by atoms with van der Waals surface area (Å²) in [6, 6.07) is 4.59. The van der Waals surface area contributed by atoms with Crippen molar-refractivity contribution in [3.63, 3.8) is 0 Å². The van der Waals surface area contributed by atoms with Gasteiger partial charge in [-0.25, -0.2) is 12.8 Å². The van der Waals surface area contributed by atoms with Crippen LogP contribution in [-0.2, 0) is 14.6 Å². The molecule has 0 saturated carbocycles. The van der Waals surface area contributed by atoms with Crippen molar-refractivity contribution >= 4 is 28.2 Å². The number of rotatable bonds is 8. The van der Waals surface area contributed by atoms with E-state index >= 15 is 0 Å². The number of nitrogens with two attached hydrogens (primary N) is 1. The third-order valence-corrected chi connectivity index (χ3v) is 4.95. The number of nitrogens with one attached hydrogen (secondary N) is 1. The Morgan fingerprint density at radius 3 is 2.41 bits per heavy atom.